The van der Waals surface area contributed by atoms with Crippen molar-refractivity contribution in [3.8, 4) is 0 Å². The van der Waals surface area contributed by atoms with Gasteiger partial charge in [0.15, 0.2) is 0 Å². The molecule has 0 unspecified atom stereocenters. The van der Waals surface area contributed by atoms with E-state index in [0.717, 1.165) is 4.67 Å². The van der Waals surface area contributed by atoms with E-state index in [4.69, 9.17) is 9.05 Å². The van der Waals surface area contributed by atoms with Crippen LogP contribution in [0, 0.1) is 0 Å². The summed E-state index contributed by atoms with van der Waals surface area (Å²) in [5, 5.41) is 9.22. The van der Waals surface area contributed by atoms with Crippen LogP contribution in [0.25, 0.3) is 0 Å². The zero-order chi connectivity index (χ0) is 14.3. The van der Waals surface area contributed by atoms with Crippen molar-refractivity contribution >= 4 is 14.2 Å². The highest BCUT2D eigenvalue weighted by Gasteiger charge is 2.42. The predicted molar refractivity (Wildman–Crippen MR) is 70.2 cm³/mol. The minimum Gasteiger partial charge on any atom is -0.612 e. The normalized spacial score (nSPS) is 11.3. The Kier molecular flexibility index (Phi) is 6.18. The number of nitrogens with zero attached hydrogens (tertiary/aromatic N) is 1. The van der Waals surface area contributed by atoms with Gasteiger partial charge in [0, 0.05) is 0 Å². The van der Waals surface area contributed by atoms with Gasteiger partial charge in [0.1, 0.15) is 0 Å². The second kappa shape index (κ2) is 7.40. The summed E-state index contributed by atoms with van der Waals surface area (Å²) in [6, 6.07) is 8.87. The molecule has 0 aliphatic carbocycles. The van der Waals surface area contributed by atoms with Gasteiger partial charge >= 0.3 is 14.2 Å². The molecule has 0 aliphatic heterocycles. The van der Waals surface area contributed by atoms with Crippen molar-refractivity contribution in [3.05, 3.63) is 35.9 Å². The van der Waals surface area contributed by atoms with Gasteiger partial charge in [0.2, 0.25) is 0 Å². The van der Waals surface area contributed by atoms with Crippen molar-refractivity contribution in [2.75, 3.05) is 13.2 Å². The molecule has 1 aromatic rings. The molecule has 6 nitrogen and oxygen atoms in total. The third kappa shape index (κ3) is 4.44. The first kappa shape index (κ1) is 15.9. The van der Waals surface area contributed by atoms with Crippen LogP contribution < -0.4 is 4.89 Å². The monoisotopic (exact) mass is 287 g/mol. The molecule has 0 aliphatic rings. The fraction of sp³-hybridized carbons (Fsp3) is 0.417. The summed E-state index contributed by atoms with van der Waals surface area (Å²) in [4.78, 5) is 23.8. The lowest BCUT2D eigenvalue weighted by Gasteiger charge is -2.33. The maximum absolute atomic E-state index is 12.5. The Bertz CT molecular complexity index is 394. The number of hydrogen-bond acceptors (Lipinski definition) is 4. The smallest absolute Gasteiger partial charge is 0.443 e. The van der Waals surface area contributed by atoms with E-state index in [0.29, 0.717) is 5.56 Å². The van der Waals surface area contributed by atoms with Gasteiger partial charge in [-0.15, -0.1) is 4.67 Å². The maximum atomic E-state index is 12.5. The summed E-state index contributed by atoms with van der Waals surface area (Å²) in [5.74, 6) is 0. The molecule has 0 aromatic heterocycles. The van der Waals surface area contributed by atoms with Crippen LogP contribution in [-0.4, -0.2) is 29.1 Å². The molecular weight excluding hydrogens is 269 g/mol. The number of carboxylic acid groups (broad SMARTS) is 1. The van der Waals surface area contributed by atoms with E-state index in [1.165, 1.54) is 0 Å². The highest BCUT2D eigenvalue weighted by atomic mass is 31.2. The lowest BCUT2D eigenvalue weighted by Crippen LogP contribution is -2.37. The highest BCUT2D eigenvalue weighted by molar-refractivity contribution is 7.57. The molecular formula is C12H18NO5P. The molecule has 0 atom stereocenters. The fourth-order valence-electron chi connectivity index (χ4n) is 1.52. The molecule has 0 spiro atoms. The Morgan fingerprint density at radius 1 is 1.26 bits per heavy atom. The van der Waals surface area contributed by atoms with Crippen LogP contribution in [0.15, 0.2) is 30.3 Å². The molecule has 0 saturated heterocycles. The Morgan fingerprint density at radius 3 is 2.21 bits per heavy atom. The van der Waals surface area contributed by atoms with Gasteiger partial charge in [-0.3, -0.25) is 0 Å². The van der Waals surface area contributed by atoms with Gasteiger partial charge in [-0.2, -0.15) is 9.05 Å². The van der Waals surface area contributed by atoms with E-state index < -0.39 is 14.2 Å². The van der Waals surface area contributed by atoms with Gasteiger partial charge in [-0.05, 0) is 19.4 Å². The third-order valence-corrected chi connectivity index (χ3v) is 4.35. The van der Waals surface area contributed by atoms with Crippen LogP contribution in [0.5, 0.6) is 0 Å². The lowest BCUT2D eigenvalue weighted by molar-refractivity contribution is -0.232. The van der Waals surface area contributed by atoms with Gasteiger partial charge < -0.3 is 10.00 Å². The van der Waals surface area contributed by atoms with E-state index >= 15 is 0 Å². The summed E-state index contributed by atoms with van der Waals surface area (Å²) >= 11 is 0. The van der Waals surface area contributed by atoms with E-state index in [1.54, 1.807) is 38.1 Å². The predicted octanol–water partition coefficient (Wildman–Crippen LogP) is 2.28. The molecule has 1 N–H and O–H groups in total. The molecule has 1 aromatic carbocycles. The Hall–Kier alpha value is -1.20. The first-order valence-electron chi connectivity index (χ1n) is 5.97. The van der Waals surface area contributed by atoms with Crippen LogP contribution in [0.2, 0.25) is 0 Å². The minimum absolute atomic E-state index is 0.0482. The van der Waals surface area contributed by atoms with Crippen LogP contribution in [0.3, 0.4) is 0 Å². The maximum Gasteiger partial charge on any atom is 0.443 e. The molecule has 0 fully saturated rings. The van der Waals surface area contributed by atoms with Gasteiger partial charge in [-0.1, -0.05) is 30.3 Å². The summed E-state index contributed by atoms with van der Waals surface area (Å²) in [6.07, 6.45) is -1.34. The lowest BCUT2D eigenvalue weighted by atomic mass is 10.2. The first-order valence-corrected chi connectivity index (χ1v) is 7.47. The SMILES string of the molecule is CCO[P+]([O-])(OCC)N(Cc1ccccc1)C(=O)O. The summed E-state index contributed by atoms with van der Waals surface area (Å²) in [6.45, 7) is 3.43. The number of hydrogen-bond donors (Lipinski definition) is 1. The molecule has 1 amide bonds. The molecule has 0 heterocycles. The van der Waals surface area contributed by atoms with Crippen LogP contribution >= 0.6 is 8.09 Å². The average molecular weight is 287 g/mol. The Balaban J connectivity index is 2.94. The number of carbonyl (C=O) groups is 1. The van der Waals surface area contributed by atoms with Crippen molar-refractivity contribution in [3.63, 3.8) is 0 Å². The van der Waals surface area contributed by atoms with Crippen LogP contribution in [0.1, 0.15) is 19.4 Å². The minimum atomic E-state index is -3.82. The van der Waals surface area contributed by atoms with E-state index in [1.807, 2.05) is 6.07 Å². The quantitative estimate of drug-likeness (QED) is 0.778. The topological polar surface area (TPSA) is 82.1 Å². The molecule has 106 valence electrons. The van der Waals surface area contributed by atoms with Gasteiger partial charge in [0.25, 0.3) is 0 Å². The zero-order valence-corrected chi connectivity index (χ0v) is 11.9. The molecule has 7 heteroatoms. The van der Waals surface area contributed by atoms with E-state index in [-0.39, 0.29) is 19.8 Å². The molecule has 0 bridgehead atoms. The van der Waals surface area contributed by atoms with Crippen molar-refractivity contribution in [2.45, 2.75) is 20.4 Å². The molecule has 1 rings (SSSR count). The second-order valence-corrected chi connectivity index (χ2v) is 5.57. The molecule has 19 heavy (non-hydrogen) atoms. The largest absolute Gasteiger partial charge is 0.612 e. The van der Waals surface area contributed by atoms with E-state index in [9.17, 15) is 14.8 Å². The Labute approximate surface area is 113 Å². The fourth-order valence-corrected chi connectivity index (χ4v) is 3.07. The zero-order valence-electron chi connectivity index (χ0n) is 11.0. The average Bonchev–Trinajstić information content (AvgIpc) is 2.37. The van der Waals surface area contributed by atoms with Crippen molar-refractivity contribution in [1.29, 1.82) is 0 Å². The van der Waals surface area contributed by atoms with Crippen LogP contribution in [-0.2, 0) is 15.6 Å². The molecule has 0 saturated carbocycles. The summed E-state index contributed by atoms with van der Waals surface area (Å²) in [5.41, 5.74) is 0.713. The van der Waals surface area contributed by atoms with E-state index in [2.05, 4.69) is 0 Å². The number of rotatable bonds is 7. The van der Waals surface area contributed by atoms with Gasteiger partial charge in [-0.25, -0.2) is 4.79 Å². The highest BCUT2D eigenvalue weighted by Crippen LogP contribution is 2.56. The Morgan fingerprint density at radius 2 is 1.79 bits per heavy atom. The van der Waals surface area contributed by atoms with Crippen molar-refractivity contribution in [1.82, 2.24) is 4.67 Å². The standard InChI is InChI=1S/C12H18NO5P/c1-3-17-19(16,18-4-2)13(12(14)15)10-11-8-6-5-7-9-11/h5-9H,3-4,10H2,1-2H3,(H,14,15). The first-order chi connectivity index (χ1) is 9.03. The van der Waals surface area contributed by atoms with Crippen LogP contribution in [0.4, 0.5) is 4.79 Å². The molecule has 0 radical (unpaired) electrons. The van der Waals surface area contributed by atoms with Gasteiger partial charge in [0.05, 0.1) is 19.8 Å². The summed E-state index contributed by atoms with van der Waals surface area (Å²) < 4.78 is 10.8. The second-order valence-electron chi connectivity index (χ2n) is 3.63. The number of amides is 1. The van der Waals surface area contributed by atoms with Crippen molar-refractivity contribution < 1.29 is 23.8 Å². The summed E-state index contributed by atoms with van der Waals surface area (Å²) in [7, 11) is -3.82. The third-order valence-electron chi connectivity index (χ3n) is 2.28. The number of benzene rings is 1. The van der Waals surface area contributed by atoms with Crippen molar-refractivity contribution in [2.24, 2.45) is 0 Å².